The molecule has 1 aliphatic heterocycles. The Bertz CT molecular complexity index is 521. The Morgan fingerprint density at radius 3 is 2.90 bits per heavy atom. The molecule has 1 aromatic heterocycles. The van der Waals surface area contributed by atoms with Crippen molar-refractivity contribution in [2.24, 2.45) is 11.1 Å². The summed E-state index contributed by atoms with van der Waals surface area (Å²) in [5.41, 5.74) is 8.49. The molecule has 0 spiro atoms. The summed E-state index contributed by atoms with van der Waals surface area (Å²) < 4.78 is 0. The summed E-state index contributed by atoms with van der Waals surface area (Å²) in [4.78, 5) is 16.3. The zero-order valence-electron chi connectivity index (χ0n) is 12.4. The van der Waals surface area contributed by atoms with Crippen LogP contribution in [0.1, 0.15) is 53.9 Å². The van der Waals surface area contributed by atoms with Crippen molar-refractivity contribution < 1.29 is 4.79 Å². The van der Waals surface area contributed by atoms with Crippen molar-refractivity contribution in [1.29, 1.82) is 0 Å². The number of hydrogen-bond donors (Lipinski definition) is 1. The number of amides is 1. The molecule has 0 saturated carbocycles. The monoisotopic (exact) mass is 292 g/mol. The van der Waals surface area contributed by atoms with E-state index in [4.69, 9.17) is 5.73 Å². The highest BCUT2D eigenvalue weighted by molar-refractivity contribution is 7.10. The van der Waals surface area contributed by atoms with Gasteiger partial charge in [-0.25, -0.2) is 0 Å². The van der Waals surface area contributed by atoms with E-state index in [0.717, 1.165) is 37.9 Å². The Morgan fingerprint density at radius 1 is 1.40 bits per heavy atom. The van der Waals surface area contributed by atoms with Crippen LogP contribution in [0.15, 0.2) is 5.38 Å². The molecule has 2 N–H and O–H groups in total. The number of likely N-dealkylation sites (tertiary alicyclic amines) is 1. The van der Waals surface area contributed by atoms with Crippen molar-refractivity contribution in [2.45, 2.75) is 52.0 Å². The predicted octanol–water partition coefficient (Wildman–Crippen LogP) is 2.83. The van der Waals surface area contributed by atoms with Gasteiger partial charge in [0.25, 0.3) is 5.91 Å². The second-order valence-electron chi connectivity index (χ2n) is 6.87. The highest BCUT2D eigenvalue weighted by Crippen LogP contribution is 2.33. The molecule has 2 heterocycles. The third-order valence-corrected chi connectivity index (χ3v) is 5.98. The quantitative estimate of drug-likeness (QED) is 0.865. The normalized spacial score (nSPS) is 25.4. The molecule has 3 rings (SSSR count). The fourth-order valence-electron chi connectivity index (χ4n) is 3.39. The average molecular weight is 292 g/mol. The lowest BCUT2D eigenvalue weighted by atomic mass is 9.79. The third kappa shape index (κ3) is 2.40. The molecule has 20 heavy (non-hydrogen) atoms. The van der Waals surface area contributed by atoms with Crippen LogP contribution < -0.4 is 5.73 Å². The minimum atomic E-state index is 0.0179. The fraction of sp³-hybridized carbons (Fsp3) is 0.688. The Morgan fingerprint density at radius 2 is 2.15 bits per heavy atom. The van der Waals surface area contributed by atoms with E-state index in [0.29, 0.717) is 0 Å². The number of aryl methyl sites for hydroxylation is 1. The zero-order chi connectivity index (χ0) is 14.3. The van der Waals surface area contributed by atoms with Gasteiger partial charge in [-0.1, -0.05) is 13.8 Å². The number of nitrogens with zero attached hydrogens (tertiary/aromatic N) is 1. The Balaban J connectivity index is 1.81. The summed E-state index contributed by atoms with van der Waals surface area (Å²) in [5.74, 6) is 0.226. The predicted molar refractivity (Wildman–Crippen MR) is 83.2 cm³/mol. The first-order valence-electron chi connectivity index (χ1n) is 7.63. The van der Waals surface area contributed by atoms with Gasteiger partial charge < -0.3 is 10.6 Å². The molecular formula is C16H24N2OS. The Labute approximate surface area is 125 Å². The lowest BCUT2D eigenvalue weighted by Crippen LogP contribution is -2.54. The van der Waals surface area contributed by atoms with Crippen LogP contribution in [0.3, 0.4) is 0 Å². The molecular weight excluding hydrogens is 268 g/mol. The number of nitrogens with two attached hydrogens (primary N) is 1. The summed E-state index contributed by atoms with van der Waals surface area (Å²) in [6.45, 7) is 5.91. The molecule has 3 nitrogen and oxygen atoms in total. The first-order valence-corrected chi connectivity index (χ1v) is 8.51. The van der Waals surface area contributed by atoms with E-state index in [1.165, 1.54) is 23.3 Å². The van der Waals surface area contributed by atoms with E-state index in [-0.39, 0.29) is 17.4 Å². The lowest BCUT2D eigenvalue weighted by Gasteiger charge is -2.42. The van der Waals surface area contributed by atoms with Crippen LogP contribution in [0.5, 0.6) is 0 Å². The molecule has 0 aromatic carbocycles. The SMILES string of the molecule is CC1(C)CN(C(=O)c2csc3c2CCCC3)CCC1N. The maximum Gasteiger partial charge on any atom is 0.255 e. The van der Waals surface area contributed by atoms with Crippen LogP contribution in [0.25, 0.3) is 0 Å². The van der Waals surface area contributed by atoms with Crippen LogP contribution in [0.2, 0.25) is 0 Å². The number of carbonyl (C=O) groups excluding carboxylic acids is 1. The summed E-state index contributed by atoms with van der Waals surface area (Å²) in [6.07, 6.45) is 5.64. The number of carbonyl (C=O) groups is 1. The van der Waals surface area contributed by atoms with Gasteiger partial charge in [-0.2, -0.15) is 0 Å². The maximum absolute atomic E-state index is 12.8. The Hall–Kier alpha value is -0.870. The molecule has 110 valence electrons. The Kier molecular flexibility index (Phi) is 3.63. The molecule has 1 fully saturated rings. The summed E-state index contributed by atoms with van der Waals surface area (Å²) in [6, 6.07) is 0.197. The van der Waals surface area contributed by atoms with Gasteiger partial charge in [0, 0.05) is 29.4 Å². The van der Waals surface area contributed by atoms with Gasteiger partial charge in [-0.3, -0.25) is 4.79 Å². The van der Waals surface area contributed by atoms with Crippen LogP contribution >= 0.6 is 11.3 Å². The molecule has 4 heteroatoms. The second kappa shape index (κ2) is 5.15. The molecule has 1 atom stereocenters. The van der Waals surface area contributed by atoms with Crippen LogP contribution in [-0.4, -0.2) is 29.9 Å². The van der Waals surface area contributed by atoms with E-state index < -0.39 is 0 Å². The number of fused-ring (bicyclic) bond motifs is 1. The van der Waals surface area contributed by atoms with E-state index in [1.54, 1.807) is 11.3 Å². The van der Waals surface area contributed by atoms with Crippen molar-refractivity contribution in [2.75, 3.05) is 13.1 Å². The summed E-state index contributed by atoms with van der Waals surface area (Å²) >= 11 is 1.77. The minimum Gasteiger partial charge on any atom is -0.338 e. The number of hydrogen-bond acceptors (Lipinski definition) is 3. The summed E-state index contributed by atoms with van der Waals surface area (Å²) in [7, 11) is 0. The van der Waals surface area contributed by atoms with Crippen molar-refractivity contribution >= 4 is 17.2 Å². The zero-order valence-corrected chi connectivity index (χ0v) is 13.3. The molecule has 1 unspecified atom stereocenters. The second-order valence-corrected chi connectivity index (χ2v) is 7.83. The van der Waals surface area contributed by atoms with Crippen molar-refractivity contribution in [3.8, 4) is 0 Å². The van der Waals surface area contributed by atoms with Crippen LogP contribution in [0.4, 0.5) is 0 Å². The third-order valence-electron chi connectivity index (χ3n) is 4.89. The first kappa shape index (κ1) is 14.1. The lowest BCUT2D eigenvalue weighted by molar-refractivity contribution is 0.0532. The number of rotatable bonds is 1. The van der Waals surface area contributed by atoms with E-state index >= 15 is 0 Å². The van der Waals surface area contributed by atoms with E-state index in [2.05, 4.69) is 19.2 Å². The number of thiophene rings is 1. The van der Waals surface area contributed by atoms with Gasteiger partial charge in [0.15, 0.2) is 0 Å². The molecule has 1 amide bonds. The molecule has 1 aliphatic carbocycles. The van der Waals surface area contributed by atoms with E-state index in [9.17, 15) is 4.79 Å². The molecule has 1 saturated heterocycles. The topological polar surface area (TPSA) is 46.3 Å². The van der Waals surface area contributed by atoms with Crippen LogP contribution in [-0.2, 0) is 12.8 Å². The van der Waals surface area contributed by atoms with E-state index in [1.807, 2.05) is 4.90 Å². The van der Waals surface area contributed by atoms with Crippen molar-refractivity contribution in [3.05, 3.63) is 21.4 Å². The van der Waals surface area contributed by atoms with Crippen molar-refractivity contribution in [3.63, 3.8) is 0 Å². The highest BCUT2D eigenvalue weighted by Gasteiger charge is 2.36. The highest BCUT2D eigenvalue weighted by atomic mass is 32.1. The standard InChI is InChI=1S/C16H24N2OS/c1-16(2)10-18(8-7-14(16)17)15(19)12-9-20-13-6-4-3-5-11(12)13/h9,14H,3-8,10,17H2,1-2H3. The van der Waals surface area contributed by atoms with Gasteiger partial charge >= 0.3 is 0 Å². The van der Waals surface area contributed by atoms with Crippen LogP contribution in [0, 0.1) is 5.41 Å². The van der Waals surface area contributed by atoms with Gasteiger partial charge in [0.1, 0.15) is 0 Å². The van der Waals surface area contributed by atoms with Gasteiger partial charge in [0.05, 0.1) is 5.56 Å². The molecule has 1 aromatic rings. The molecule has 2 aliphatic rings. The maximum atomic E-state index is 12.8. The largest absolute Gasteiger partial charge is 0.338 e. The summed E-state index contributed by atoms with van der Waals surface area (Å²) in [5, 5.41) is 2.08. The van der Waals surface area contributed by atoms with Crippen molar-refractivity contribution in [1.82, 2.24) is 4.90 Å². The van der Waals surface area contributed by atoms with Gasteiger partial charge in [-0.15, -0.1) is 11.3 Å². The first-order chi connectivity index (χ1) is 9.49. The average Bonchev–Trinajstić information content (AvgIpc) is 2.85. The van der Waals surface area contributed by atoms with Gasteiger partial charge in [-0.05, 0) is 43.1 Å². The molecule has 0 bridgehead atoms. The minimum absolute atomic E-state index is 0.0179. The number of piperidine rings is 1. The molecule has 0 radical (unpaired) electrons. The fourth-order valence-corrected chi connectivity index (χ4v) is 4.51. The smallest absolute Gasteiger partial charge is 0.255 e. The van der Waals surface area contributed by atoms with Gasteiger partial charge in [0.2, 0.25) is 0 Å².